The van der Waals surface area contributed by atoms with Gasteiger partial charge in [-0.2, -0.15) is 13.2 Å². The van der Waals surface area contributed by atoms with E-state index in [-0.39, 0.29) is 31.0 Å². The van der Waals surface area contributed by atoms with Gasteiger partial charge in [-0.25, -0.2) is 13.1 Å². The SMILES string of the molecule is O=C(N1CCc2ccc(S(=O)(=O)NCCCCN3CCc4ccccc4C3)cc2C1)C(F)(F)F. The average molecular weight is 496 g/mol. The predicted octanol–water partition coefficient (Wildman–Crippen LogP) is 3.25. The number of nitrogens with one attached hydrogen (secondary N) is 1. The largest absolute Gasteiger partial charge is 0.471 e. The zero-order valence-corrected chi connectivity index (χ0v) is 19.6. The summed E-state index contributed by atoms with van der Waals surface area (Å²) in [5.41, 5.74) is 3.92. The molecule has 2 aliphatic heterocycles. The van der Waals surface area contributed by atoms with Gasteiger partial charge < -0.3 is 4.90 Å². The lowest BCUT2D eigenvalue weighted by Crippen LogP contribution is -2.43. The maximum Gasteiger partial charge on any atom is 0.471 e. The summed E-state index contributed by atoms with van der Waals surface area (Å²) < 4.78 is 66.3. The van der Waals surface area contributed by atoms with Gasteiger partial charge in [-0.3, -0.25) is 9.69 Å². The molecular weight excluding hydrogens is 467 g/mol. The van der Waals surface area contributed by atoms with Crippen LogP contribution in [-0.2, 0) is 40.7 Å². The Hall–Kier alpha value is -2.43. The fraction of sp³-hybridized carbons (Fsp3) is 0.458. The molecule has 2 heterocycles. The van der Waals surface area contributed by atoms with Crippen LogP contribution in [0.15, 0.2) is 47.4 Å². The Morgan fingerprint density at radius 3 is 2.38 bits per heavy atom. The smallest absolute Gasteiger partial charge is 0.330 e. The van der Waals surface area contributed by atoms with Crippen molar-refractivity contribution in [2.75, 3.05) is 26.2 Å². The van der Waals surface area contributed by atoms with Crippen molar-refractivity contribution in [2.45, 2.75) is 49.8 Å². The Labute approximate surface area is 197 Å². The molecule has 2 aromatic carbocycles. The molecule has 4 rings (SSSR count). The van der Waals surface area contributed by atoms with Gasteiger partial charge in [-0.1, -0.05) is 30.3 Å². The minimum Gasteiger partial charge on any atom is -0.330 e. The van der Waals surface area contributed by atoms with E-state index in [1.165, 1.54) is 23.3 Å². The van der Waals surface area contributed by atoms with Gasteiger partial charge in [-0.15, -0.1) is 0 Å². The zero-order chi connectivity index (χ0) is 24.3. The maximum absolute atomic E-state index is 12.8. The minimum atomic E-state index is -4.94. The number of hydrogen-bond donors (Lipinski definition) is 1. The van der Waals surface area contributed by atoms with Gasteiger partial charge >= 0.3 is 12.1 Å². The Morgan fingerprint density at radius 1 is 0.912 bits per heavy atom. The topological polar surface area (TPSA) is 69.7 Å². The third-order valence-electron chi connectivity index (χ3n) is 6.43. The molecular formula is C24H28F3N3O3S. The van der Waals surface area contributed by atoms with Gasteiger partial charge in [-0.05, 0) is 66.6 Å². The molecule has 184 valence electrons. The van der Waals surface area contributed by atoms with E-state index in [9.17, 15) is 26.4 Å². The molecule has 2 aromatic rings. The fourth-order valence-electron chi connectivity index (χ4n) is 4.55. The first kappa shape index (κ1) is 24.7. The van der Waals surface area contributed by atoms with Crippen LogP contribution >= 0.6 is 0 Å². The van der Waals surface area contributed by atoms with Crippen LogP contribution in [0.25, 0.3) is 0 Å². The van der Waals surface area contributed by atoms with Gasteiger partial charge in [0.25, 0.3) is 0 Å². The second-order valence-electron chi connectivity index (χ2n) is 8.80. The molecule has 2 aliphatic rings. The third-order valence-corrected chi connectivity index (χ3v) is 7.89. The van der Waals surface area contributed by atoms with E-state index in [1.807, 2.05) is 6.07 Å². The van der Waals surface area contributed by atoms with Crippen molar-refractivity contribution in [3.8, 4) is 0 Å². The molecule has 0 saturated carbocycles. The normalized spacial score (nSPS) is 16.7. The molecule has 0 atom stereocenters. The van der Waals surface area contributed by atoms with Crippen LogP contribution < -0.4 is 4.72 Å². The maximum atomic E-state index is 12.8. The van der Waals surface area contributed by atoms with E-state index in [1.54, 1.807) is 6.07 Å². The number of halogens is 3. The number of benzene rings is 2. The lowest BCUT2D eigenvalue weighted by molar-refractivity contribution is -0.186. The number of fused-ring (bicyclic) bond motifs is 2. The molecule has 0 bridgehead atoms. The van der Waals surface area contributed by atoms with E-state index in [0.717, 1.165) is 38.0 Å². The lowest BCUT2D eigenvalue weighted by Gasteiger charge is -2.29. The first-order valence-electron chi connectivity index (χ1n) is 11.4. The molecule has 0 aromatic heterocycles. The number of hydrogen-bond acceptors (Lipinski definition) is 4. The third kappa shape index (κ3) is 5.79. The summed E-state index contributed by atoms with van der Waals surface area (Å²) in [5.74, 6) is -1.90. The van der Waals surface area contributed by atoms with Crippen LogP contribution in [0.3, 0.4) is 0 Å². The van der Waals surface area contributed by atoms with E-state index in [0.29, 0.717) is 16.9 Å². The van der Waals surface area contributed by atoms with Crippen molar-refractivity contribution in [3.63, 3.8) is 0 Å². The number of sulfonamides is 1. The molecule has 0 radical (unpaired) electrons. The van der Waals surface area contributed by atoms with Crippen LogP contribution in [0.5, 0.6) is 0 Å². The van der Waals surface area contributed by atoms with E-state index >= 15 is 0 Å². The second-order valence-corrected chi connectivity index (χ2v) is 10.6. The number of rotatable bonds is 7. The highest BCUT2D eigenvalue weighted by Gasteiger charge is 2.43. The van der Waals surface area contributed by atoms with Crippen molar-refractivity contribution in [1.29, 1.82) is 0 Å². The monoisotopic (exact) mass is 495 g/mol. The summed E-state index contributed by atoms with van der Waals surface area (Å²) in [6.45, 7) is 2.77. The summed E-state index contributed by atoms with van der Waals surface area (Å²) in [6, 6.07) is 12.9. The average Bonchev–Trinajstić information content (AvgIpc) is 2.82. The Bertz CT molecular complexity index is 1150. The first-order chi connectivity index (χ1) is 16.1. The Balaban J connectivity index is 1.27. The van der Waals surface area contributed by atoms with Crippen molar-refractivity contribution in [1.82, 2.24) is 14.5 Å². The van der Waals surface area contributed by atoms with Crippen LogP contribution in [-0.4, -0.2) is 56.5 Å². The molecule has 34 heavy (non-hydrogen) atoms. The fourth-order valence-corrected chi connectivity index (χ4v) is 5.67. The van der Waals surface area contributed by atoms with Crippen LogP contribution in [0, 0.1) is 0 Å². The number of unbranched alkanes of at least 4 members (excludes halogenated alkanes) is 1. The zero-order valence-electron chi connectivity index (χ0n) is 18.8. The number of amides is 1. The second kappa shape index (κ2) is 10.1. The van der Waals surface area contributed by atoms with Gasteiger partial charge in [0, 0.05) is 32.7 Å². The molecule has 1 amide bonds. The molecule has 1 N–H and O–H groups in total. The van der Waals surface area contributed by atoms with Crippen molar-refractivity contribution in [3.05, 3.63) is 64.7 Å². The summed E-state index contributed by atoms with van der Waals surface area (Å²) >= 11 is 0. The molecule has 0 spiro atoms. The van der Waals surface area contributed by atoms with Gasteiger partial charge in [0.05, 0.1) is 4.90 Å². The highest BCUT2D eigenvalue weighted by Crippen LogP contribution is 2.26. The van der Waals surface area contributed by atoms with Gasteiger partial charge in [0.2, 0.25) is 10.0 Å². The van der Waals surface area contributed by atoms with Gasteiger partial charge in [0.15, 0.2) is 0 Å². The minimum absolute atomic E-state index is 0.000181. The van der Waals surface area contributed by atoms with Crippen molar-refractivity contribution in [2.24, 2.45) is 0 Å². The summed E-state index contributed by atoms with van der Waals surface area (Å²) in [6.07, 6.45) is -2.14. The van der Waals surface area contributed by atoms with Crippen LogP contribution in [0.1, 0.15) is 35.1 Å². The van der Waals surface area contributed by atoms with E-state index < -0.39 is 22.1 Å². The quantitative estimate of drug-likeness (QED) is 0.599. The number of alkyl halides is 3. The molecule has 0 aliphatic carbocycles. The number of carbonyl (C=O) groups is 1. The molecule has 0 fully saturated rings. The van der Waals surface area contributed by atoms with Crippen molar-refractivity contribution < 1.29 is 26.4 Å². The number of nitrogens with zero attached hydrogens (tertiary/aromatic N) is 2. The molecule has 0 saturated heterocycles. The van der Waals surface area contributed by atoms with Gasteiger partial charge in [0.1, 0.15) is 0 Å². The molecule has 10 heteroatoms. The highest BCUT2D eigenvalue weighted by molar-refractivity contribution is 7.89. The van der Waals surface area contributed by atoms with E-state index in [2.05, 4.69) is 27.8 Å². The van der Waals surface area contributed by atoms with Crippen LogP contribution in [0.4, 0.5) is 13.2 Å². The molecule has 0 unspecified atom stereocenters. The molecule has 6 nitrogen and oxygen atoms in total. The van der Waals surface area contributed by atoms with E-state index in [4.69, 9.17) is 0 Å². The lowest BCUT2D eigenvalue weighted by atomic mass is 10.00. The summed E-state index contributed by atoms with van der Waals surface area (Å²) in [5, 5.41) is 0. The summed E-state index contributed by atoms with van der Waals surface area (Å²) in [4.78, 5) is 14.6. The van der Waals surface area contributed by atoms with Crippen molar-refractivity contribution >= 4 is 15.9 Å². The number of carbonyl (C=O) groups excluding carboxylic acids is 1. The Kier molecular flexibility index (Phi) is 7.30. The Morgan fingerprint density at radius 2 is 1.62 bits per heavy atom. The standard InChI is InChI=1S/C24H28F3N3O3S/c25-24(26,27)23(31)30-14-10-19-7-8-22(15-21(19)17-30)34(32,33)28-11-3-4-12-29-13-9-18-5-1-2-6-20(18)16-29/h1-2,5-8,15,28H,3-4,9-14,16-17H2. The first-order valence-corrected chi connectivity index (χ1v) is 12.9. The highest BCUT2D eigenvalue weighted by atomic mass is 32.2. The van der Waals surface area contributed by atoms with Crippen LogP contribution in [0.2, 0.25) is 0 Å². The summed E-state index contributed by atoms with van der Waals surface area (Å²) in [7, 11) is -3.79. The predicted molar refractivity (Wildman–Crippen MR) is 121 cm³/mol.